The largest absolute Gasteiger partial charge is 0.309 e. The minimum Gasteiger partial charge on any atom is -0.309 e. The zero-order valence-electron chi connectivity index (χ0n) is 7.26. The molecule has 1 atom stereocenters. The Bertz CT molecular complexity index is 294. The molecule has 0 fully saturated rings. The molecule has 0 amide bonds. The third-order valence-electron chi connectivity index (χ3n) is 2.00. The van der Waals surface area contributed by atoms with Gasteiger partial charge in [-0.3, -0.25) is 0 Å². The summed E-state index contributed by atoms with van der Waals surface area (Å²) in [6.45, 7) is 3.63. The fourth-order valence-electron chi connectivity index (χ4n) is 1.03. The van der Waals surface area contributed by atoms with Gasteiger partial charge in [0.1, 0.15) is 5.82 Å². The van der Waals surface area contributed by atoms with Crippen LogP contribution in [-0.4, -0.2) is 5.71 Å². The van der Waals surface area contributed by atoms with Crippen molar-refractivity contribution in [1.82, 2.24) is 0 Å². The molecule has 12 heavy (non-hydrogen) atoms. The lowest BCUT2D eigenvalue weighted by Crippen LogP contribution is -2.03. The van der Waals surface area contributed by atoms with Crippen molar-refractivity contribution >= 4 is 5.71 Å². The molecule has 0 radical (unpaired) electrons. The van der Waals surface area contributed by atoms with Crippen molar-refractivity contribution in [3.05, 3.63) is 35.6 Å². The molecule has 0 aliphatic heterocycles. The van der Waals surface area contributed by atoms with E-state index in [2.05, 4.69) is 0 Å². The average molecular weight is 165 g/mol. The highest BCUT2D eigenvalue weighted by atomic mass is 19.1. The maximum absolute atomic E-state index is 12.7. The van der Waals surface area contributed by atoms with Gasteiger partial charge < -0.3 is 5.41 Å². The normalized spacial score (nSPS) is 12.6. The van der Waals surface area contributed by atoms with Crippen molar-refractivity contribution < 1.29 is 4.39 Å². The molecular weight excluding hydrogens is 153 g/mol. The monoisotopic (exact) mass is 165 g/mol. The maximum atomic E-state index is 12.7. The summed E-state index contributed by atoms with van der Waals surface area (Å²) in [5.41, 5.74) is 1.42. The van der Waals surface area contributed by atoms with E-state index < -0.39 is 0 Å². The second-order valence-corrected chi connectivity index (χ2v) is 2.96. The number of benzene rings is 1. The Morgan fingerprint density at radius 3 is 2.67 bits per heavy atom. The van der Waals surface area contributed by atoms with Crippen LogP contribution in [0.4, 0.5) is 4.39 Å². The van der Waals surface area contributed by atoms with E-state index in [4.69, 9.17) is 5.41 Å². The molecule has 0 unspecified atom stereocenters. The Hall–Kier alpha value is -1.18. The number of hydrogen-bond acceptors (Lipinski definition) is 1. The van der Waals surface area contributed by atoms with Gasteiger partial charge in [0.25, 0.3) is 0 Å². The zero-order valence-corrected chi connectivity index (χ0v) is 7.26. The van der Waals surface area contributed by atoms with E-state index in [1.807, 2.05) is 13.0 Å². The molecule has 1 aromatic rings. The van der Waals surface area contributed by atoms with Crippen LogP contribution in [0.15, 0.2) is 24.3 Å². The highest BCUT2D eigenvalue weighted by Crippen LogP contribution is 2.16. The quantitative estimate of drug-likeness (QED) is 0.651. The fraction of sp³-hybridized carbons (Fsp3) is 0.300. The molecule has 1 nitrogen and oxygen atoms in total. The van der Waals surface area contributed by atoms with Crippen molar-refractivity contribution in [1.29, 1.82) is 5.41 Å². The smallest absolute Gasteiger partial charge is 0.123 e. The van der Waals surface area contributed by atoms with Gasteiger partial charge in [0.2, 0.25) is 0 Å². The van der Waals surface area contributed by atoms with E-state index in [-0.39, 0.29) is 11.7 Å². The summed E-state index contributed by atoms with van der Waals surface area (Å²) >= 11 is 0. The molecule has 2 heteroatoms. The first-order valence-electron chi connectivity index (χ1n) is 3.92. The number of halogens is 1. The van der Waals surface area contributed by atoms with Gasteiger partial charge in [-0.15, -0.1) is 0 Å². The van der Waals surface area contributed by atoms with Crippen molar-refractivity contribution in [2.45, 2.75) is 19.8 Å². The molecule has 0 spiro atoms. The van der Waals surface area contributed by atoms with Crippen LogP contribution < -0.4 is 0 Å². The molecule has 1 aromatic carbocycles. The van der Waals surface area contributed by atoms with Gasteiger partial charge in [-0.1, -0.05) is 19.1 Å². The summed E-state index contributed by atoms with van der Waals surface area (Å²) in [7, 11) is 0. The van der Waals surface area contributed by atoms with Crippen molar-refractivity contribution in [3.8, 4) is 0 Å². The van der Waals surface area contributed by atoms with Crippen LogP contribution in [0.3, 0.4) is 0 Å². The first kappa shape index (κ1) is 8.91. The lowest BCUT2D eigenvalue weighted by molar-refractivity contribution is 0.625. The zero-order chi connectivity index (χ0) is 9.14. The van der Waals surface area contributed by atoms with E-state index in [1.54, 1.807) is 13.0 Å². The molecule has 0 aromatic heterocycles. The Labute approximate surface area is 71.7 Å². The summed E-state index contributed by atoms with van der Waals surface area (Å²) in [5, 5.41) is 7.39. The molecule has 1 rings (SSSR count). The van der Waals surface area contributed by atoms with Gasteiger partial charge >= 0.3 is 0 Å². The standard InChI is InChI=1S/C10H12FN/c1-7(8(2)12)9-4-3-5-10(11)6-9/h3-7,12H,1-2H3/t7-/m1/s1. The molecule has 0 aliphatic rings. The highest BCUT2D eigenvalue weighted by Gasteiger charge is 2.07. The van der Waals surface area contributed by atoms with Crippen LogP contribution in [0.5, 0.6) is 0 Å². The maximum Gasteiger partial charge on any atom is 0.123 e. The Balaban J connectivity index is 2.95. The lowest BCUT2D eigenvalue weighted by Gasteiger charge is -2.09. The summed E-state index contributed by atoms with van der Waals surface area (Å²) in [6.07, 6.45) is 0. The van der Waals surface area contributed by atoms with Crippen LogP contribution in [-0.2, 0) is 0 Å². The average Bonchev–Trinajstić information content (AvgIpc) is 2.03. The molecule has 64 valence electrons. The van der Waals surface area contributed by atoms with E-state index in [9.17, 15) is 4.39 Å². The third kappa shape index (κ3) is 1.91. The fourth-order valence-corrected chi connectivity index (χ4v) is 1.03. The number of nitrogens with one attached hydrogen (secondary N) is 1. The second kappa shape index (κ2) is 3.48. The minimum atomic E-state index is -0.236. The number of rotatable bonds is 2. The molecule has 0 aliphatic carbocycles. The van der Waals surface area contributed by atoms with Gasteiger partial charge in [-0.2, -0.15) is 0 Å². The molecule has 0 heterocycles. The van der Waals surface area contributed by atoms with E-state index in [0.717, 1.165) is 5.56 Å². The van der Waals surface area contributed by atoms with Crippen LogP contribution >= 0.6 is 0 Å². The van der Waals surface area contributed by atoms with Gasteiger partial charge in [-0.05, 0) is 24.6 Å². The van der Waals surface area contributed by atoms with Crippen molar-refractivity contribution in [2.24, 2.45) is 0 Å². The van der Waals surface area contributed by atoms with Crippen LogP contribution in [0.25, 0.3) is 0 Å². The predicted molar refractivity (Wildman–Crippen MR) is 48.2 cm³/mol. The van der Waals surface area contributed by atoms with Gasteiger partial charge in [0.15, 0.2) is 0 Å². The van der Waals surface area contributed by atoms with Gasteiger partial charge in [0, 0.05) is 11.6 Å². The number of hydrogen-bond donors (Lipinski definition) is 1. The Kier molecular flexibility index (Phi) is 2.58. The van der Waals surface area contributed by atoms with Crippen molar-refractivity contribution in [2.75, 3.05) is 0 Å². The molecule has 0 bridgehead atoms. The SMILES string of the molecule is CC(=N)[C@@H](C)c1cccc(F)c1. The highest BCUT2D eigenvalue weighted by molar-refractivity contribution is 5.85. The van der Waals surface area contributed by atoms with Crippen LogP contribution in [0.1, 0.15) is 25.3 Å². The summed E-state index contributed by atoms with van der Waals surface area (Å²) in [5.74, 6) is -0.221. The molecule has 0 saturated carbocycles. The molecule has 0 saturated heterocycles. The van der Waals surface area contributed by atoms with E-state index in [1.165, 1.54) is 12.1 Å². The minimum absolute atomic E-state index is 0.0145. The molecule has 1 N–H and O–H groups in total. The topological polar surface area (TPSA) is 23.9 Å². The van der Waals surface area contributed by atoms with E-state index >= 15 is 0 Å². The Morgan fingerprint density at radius 2 is 2.17 bits per heavy atom. The van der Waals surface area contributed by atoms with Gasteiger partial charge in [-0.25, -0.2) is 4.39 Å². The third-order valence-corrected chi connectivity index (χ3v) is 2.00. The summed E-state index contributed by atoms with van der Waals surface area (Å²) in [6, 6.07) is 6.40. The van der Waals surface area contributed by atoms with Crippen molar-refractivity contribution in [3.63, 3.8) is 0 Å². The molecular formula is C10H12FN. The predicted octanol–water partition coefficient (Wildman–Crippen LogP) is 2.97. The summed E-state index contributed by atoms with van der Waals surface area (Å²) in [4.78, 5) is 0. The lowest BCUT2D eigenvalue weighted by atomic mass is 9.97. The van der Waals surface area contributed by atoms with Crippen LogP contribution in [0, 0.1) is 11.2 Å². The van der Waals surface area contributed by atoms with E-state index in [0.29, 0.717) is 5.71 Å². The first-order chi connectivity index (χ1) is 5.61. The van der Waals surface area contributed by atoms with Gasteiger partial charge in [0.05, 0.1) is 0 Å². The van der Waals surface area contributed by atoms with Crippen LogP contribution in [0.2, 0.25) is 0 Å². The summed E-state index contributed by atoms with van der Waals surface area (Å²) < 4.78 is 12.7. The Morgan fingerprint density at radius 1 is 1.50 bits per heavy atom. The second-order valence-electron chi connectivity index (χ2n) is 2.96. The first-order valence-corrected chi connectivity index (χ1v) is 3.92.